The van der Waals surface area contributed by atoms with Crippen molar-refractivity contribution < 1.29 is 14.5 Å². The second-order valence-electron chi connectivity index (χ2n) is 3.47. The topological polar surface area (TPSA) is 81.5 Å². The van der Waals surface area contributed by atoms with Crippen LogP contribution in [0.5, 0.6) is 0 Å². The summed E-state index contributed by atoms with van der Waals surface area (Å²) in [4.78, 5) is 21.2. The van der Waals surface area contributed by atoms with E-state index in [4.69, 9.17) is 4.74 Å². The Bertz CT molecular complexity index is 408. The third-order valence-electron chi connectivity index (χ3n) is 2.10. The number of ether oxygens (including phenoxy) is 1. The van der Waals surface area contributed by atoms with E-state index >= 15 is 0 Å². The van der Waals surface area contributed by atoms with Crippen LogP contribution in [0.4, 0.5) is 10.5 Å². The normalized spacial score (nSPS) is 9.83. The van der Waals surface area contributed by atoms with Crippen molar-refractivity contribution in [2.45, 2.75) is 13.0 Å². The van der Waals surface area contributed by atoms with Crippen molar-refractivity contribution in [1.29, 1.82) is 0 Å². The highest BCUT2D eigenvalue weighted by atomic mass is 127. The Morgan fingerprint density at radius 1 is 1.39 bits per heavy atom. The molecule has 1 N–H and O–H groups in total. The molecule has 0 fully saturated rings. The summed E-state index contributed by atoms with van der Waals surface area (Å²) in [5.74, 6) is 0. The van der Waals surface area contributed by atoms with Crippen molar-refractivity contribution in [3.8, 4) is 0 Å². The van der Waals surface area contributed by atoms with Gasteiger partial charge in [0.25, 0.3) is 5.69 Å². The summed E-state index contributed by atoms with van der Waals surface area (Å²) in [5.41, 5.74) is 0.731. The van der Waals surface area contributed by atoms with Gasteiger partial charge in [0.1, 0.15) is 6.61 Å². The molecule has 18 heavy (non-hydrogen) atoms. The molecule has 1 aromatic carbocycles. The number of nitrogens with one attached hydrogen (secondary N) is 1. The highest BCUT2D eigenvalue weighted by molar-refractivity contribution is 14.1. The maximum atomic E-state index is 11.2. The number of carbonyl (C=O) groups is 1. The summed E-state index contributed by atoms with van der Waals surface area (Å²) in [6.07, 6.45) is 0.422. The molecule has 0 atom stereocenters. The Kier molecular flexibility index (Phi) is 6.40. The molecule has 0 radical (unpaired) electrons. The zero-order valence-corrected chi connectivity index (χ0v) is 11.8. The number of amides is 1. The summed E-state index contributed by atoms with van der Waals surface area (Å²) in [5, 5.41) is 13.0. The first-order valence-electron chi connectivity index (χ1n) is 5.33. The lowest BCUT2D eigenvalue weighted by Gasteiger charge is -2.06. The van der Waals surface area contributed by atoms with E-state index in [2.05, 4.69) is 27.9 Å². The third kappa shape index (κ3) is 5.30. The fourth-order valence-corrected chi connectivity index (χ4v) is 1.55. The number of alkyl halides is 1. The number of alkyl carbamates (subject to hydrolysis) is 1. The number of benzene rings is 1. The van der Waals surface area contributed by atoms with Crippen LogP contribution in [-0.4, -0.2) is 22.0 Å². The molecule has 98 valence electrons. The number of nitro benzene ring substituents is 1. The molecule has 0 unspecified atom stereocenters. The van der Waals surface area contributed by atoms with E-state index in [1.165, 1.54) is 12.1 Å². The quantitative estimate of drug-likeness (QED) is 0.277. The molecule has 0 aliphatic carbocycles. The third-order valence-corrected chi connectivity index (χ3v) is 2.86. The van der Waals surface area contributed by atoms with Crippen molar-refractivity contribution in [2.24, 2.45) is 0 Å². The molecule has 0 aliphatic heterocycles. The fourth-order valence-electron chi connectivity index (χ4n) is 1.17. The van der Waals surface area contributed by atoms with Crippen LogP contribution < -0.4 is 5.32 Å². The monoisotopic (exact) mass is 364 g/mol. The first-order valence-corrected chi connectivity index (χ1v) is 6.86. The van der Waals surface area contributed by atoms with Gasteiger partial charge >= 0.3 is 6.09 Å². The van der Waals surface area contributed by atoms with E-state index in [0.29, 0.717) is 12.1 Å². The summed E-state index contributed by atoms with van der Waals surface area (Å²) < 4.78 is 5.93. The van der Waals surface area contributed by atoms with Crippen LogP contribution in [0.2, 0.25) is 0 Å². The fraction of sp³-hybridized carbons (Fsp3) is 0.364. The Balaban J connectivity index is 2.34. The minimum atomic E-state index is -0.474. The number of nitro groups is 1. The maximum absolute atomic E-state index is 11.2. The van der Waals surface area contributed by atoms with Crippen molar-refractivity contribution in [3.63, 3.8) is 0 Å². The predicted molar refractivity (Wildman–Crippen MR) is 74.8 cm³/mol. The molecule has 1 rings (SSSR count). The second kappa shape index (κ2) is 7.85. The van der Waals surface area contributed by atoms with Crippen LogP contribution in [-0.2, 0) is 11.3 Å². The Hall–Kier alpha value is -1.38. The van der Waals surface area contributed by atoms with Crippen LogP contribution in [0.1, 0.15) is 12.0 Å². The molecule has 6 nitrogen and oxygen atoms in total. The molecule has 0 aromatic heterocycles. The summed E-state index contributed by atoms with van der Waals surface area (Å²) >= 11 is 2.23. The van der Waals surface area contributed by atoms with Gasteiger partial charge in [-0.05, 0) is 24.1 Å². The molecule has 7 heteroatoms. The van der Waals surface area contributed by atoms with Crippen LogP contribution >= 0.6 is 22.6 Å². The summed E-state index contributed by atoms with van der Waals surface area (Å²) in [6.45, 7) is 0.691. The van der Waals surface area contributed by atoms with Gasteiger partial charge in [-0.15, -0.1) is 0 Å². The number of carbonyl (C=O) groups excluding carboxylic acids is 1. The first kappa shape index (κ1) is 14.7. The number of non-ortho nitro benzene ring substituents is 1. The van der Waals surface area contributed by atoms with Gasteiger partial charge in [0.05, 0.1) is 4.92 Å². The molecule has 0 saturated carbocycles. The largest absolute Gasteiger partial charge is 0.445 e. The lowest BCUT2D eigenvalue weighted by molar-refractivity contribution is -0.384. The molecule has 0 bridgehead atoms. The molecule has 1 aromatic rings. The van der Waals surface area contributed by atoms with E-state index < -0.39 is 11.0 Å². The van der Waals surface area contributed by atoms with E-state index in [1.807, 2.05) is 0 Å². The number of rotatable bonds is 6. The van der Waals surface area contributed by atoms with Gasteiger partial charge < -0.3 is 10.1 Å². The SMILES string of the molecule is O=C(NCCCI)OCc1ccc([N+](=O)[O-])cc1. The van der Waals surface area contributed by atoms with E-state index in [9.17, 15) is 14.9 Å². The van der Waals surface area contributed by atoms with E-state index in [-0.39, 0.29) is 12.3 Å². The van der Waals surface area contributed by atoms with Crippen LogP contribution in [0.3, 0.4) is 0 Å². The number of hydrogen-bond donors (Lipinski definition) is 1. The Morgan fingerprint density at radius 2 is 2.06 bits per heavy atom. The minimum absolute atomic E-state index is 0.0187. The van der Waals surface area contributed by atoms with Crippen LogP contribution in [0.25, 0.3) is 0 Å². The minimum Gasteiger partial charge on any atom is -0.445 e. The molecular formula is C11H13IN2O4. The average Bonchev–Trinajstić information content (AvgIpc) is 2.37. The Labute approximate surface area is 118 Å². The first-order chi connectivity index (χ1) is 8.63. The number of hydrogen-bond acceptors (Lipinski definition) is 4. The van der Waals surface area contributed by atoms with Crippen LogP contribution in [0.15, 0.2) is 24.3 Å². The van der Waals surface area contributed by atoms with Gasteiger partial charge in [0.2, 0.25) is 0 Å². The zero-order valence-electron chi connectivity index (χ0n) is 9.60. The second-order valence-corrected chi connectivity index (χ2v) is 4.55. The zero-order chi connectivity index (χ0) is 13.4. The lowest BCUT2D eigenvalue weighted by Crippen LogP contribution is -2.25. The van der Waals surface area contributed by atoms with Gasteiger partial charge in [-0.25, -0.2) is 4.79 Å². The lowest BCUT2D eigenvalue weighted by atomic mass is 10.2. The molecule has 0 heterocycles. The number of nitrogens with zero attached hydrogens (tertiary/aromatic N) is 1. The summed E-state index contributed by atoms with van der Waals surface area (Å²) in [7, 11) is 0. The molecule has 0 aliphatic rings. The Morgan fingerprint density at radius 3 is 2.61 bits per heavy atom. The standard InChI is InChI=1S/C11H13IN2O4/c12-6-1-7-13-11(15)18-8-9-2-4-10(5-3-9)14(16)17/h2-5H,1,6-8H2,(H,13,15). The van der Waals surface area contributed by atoms with E-state index in [0.717, 1.165) is 10.8 Å². The van der Waals surface area contributed by atoms with Gasteiger partial charge in [0, 0.05) is 23.1 Å². The van der Waals surface area contributed by atoms with Crippen molar-refractivity contribution >= 4 is 34.4 Å². The molecule has 0 saturated heterocycles. The van der Waals surface area contributed by atoms with Gasteiger partial charge in [-0.3, -0.25) is 10.1 Å². The van der Waals surface area contributed by atoms with Crippen molar-refractivity contribution in [1.82, 2.24) is 5.32 Å². The van der Waals surface area contributed by atoms with Crippen molar-refractivity contribution in [3.05, 3.63) is 39.9 Å². The van der Waals surface area contributed by atoms with Gasteiger partial charge in [0.15, 0.2) is 0 Å². The van der Waals surface area contributed by atoms with E-state index in [1.54, 1.807) is 12.1 Å². The smallest absolute Gasteiger partial charge is 0.407 e. The average molecular weight is 364 g/mol. The molecule has 0 spiro atoms. The number of halogens is 1. The van der Waals surface area contributed by atoms with Gasteiger partial charge in [-0.1, -0.05) is 22.6 Å². The molecule has 1 amide bonds. The highest BCUT2D eigenvalue weighted by Crippen LogP contribution is 2.12. The highest BCUT2D eigenvalue weighted by Gasteiger charge is 2.05. The molecular weight excluding hydrogens is 351 g/mol. The maximum Gasteiger partial charge on any atom is 0.407 e. The van der Waals surface area contributed by atoms with Crippen molar-refractivity contribution in [2.75, 3.05) is 11.0 Å². The van der Waals surface area contributed by atoms with Crippen LogP contribution in [0, 0.1) is 10.1 Å². The predicted octanol–water partition coefficient (Wildman–Crippen LogP) is 2.65. The summed E-state index contributed by atoms with van der Waals surface area (Å²) in [6, 6.07) is 5.89. The van der Waals surface area contributed by atoms with Gasteiger partial charge in [-0.2, -0.15) is 0 Å².